The molecule has 0 rings (SSSR count). The number of allylic oxidation sites excluding steroid dienone is 4. The smallest absolute Gasteiger partial charge is 0.407 e. The van der Waals surface area contributed by atoms with Gasteiger partial charge in [0, 0.05) is 12.1 Å². The fourth-order valence-electron chi connectivity index (χ4n) is 1.78. The van der Waals surface area contributed by atoms with Crippen LogP contribution in [0.3, 0.4) is 0 Å². The number of aliphatic hydroxyl groups is 1. The van der Waals surface area contributed by atoms with E-state index in [4.69, 9.17) is 4.74 Å². The Labute approximate surface area is 145 Å². The minimum Gasteiger partial charge on any atom is -0.444 e. The first-order valence-corrected chi connectivity index (χ1v) is 8.31. The zero-order valence-corrected chi connectivity index (χ0v) is 16.1. The van der Waals surface area contributed by atoms with Crippen molar-refractivity contribution in [1.29, 1.82) is 0 Å². The molecule has 7 heteroatoms. The normalized spacial score (nSPS) is 15.5. The Hall–Kier alpha value is -1.26. The Morgan fingerprint density at radius 3 is 2.25 bits per heavy atom. The van der Waals surface area contributed by atoms with Crippen LogP contribution in [0, 0.1) is 0 Å². The van der Waals surface area contributed by atoms with E-state index in [1.54, 1.807) is 33.8 Å². The molecule has 1 amide bonds. The lowest BCUT2D eigenvalue weighted by Gasteiger charge is -2.20. The summed E-state index contributed by atoms with van der Waals surface area (Å²) in [6, 6.07) is 0. The first-order chi connectivity index (χ1) is 10.9. The molecule has 2 atom stereocenters. The van der Waals surface area contributed by atoms with Gasteiger partial charge in [0.15, 0.2) is 0 Å². The van der Waals surface area contributed by atoms with Crippen LogP contribution < -0.4 is 5.32 Å². The monoisotopic (exact) mass is 363 g/mol. The average Bonchev–Trinajstić information content (AvgIpc) is 2.40. The predicted molar refractivity (Wildman–Crippen MR) is 96.2 cm³/mol. The van der Waals surface area contributed by atoms with Crippen molar-refractivity contribution in [2.45, 2.75) is 58.4 Å². The number of nitrogens with one attached hydrogen (secondary N) is 1. The largest absolute Gasteiger partial charge is 0.444 e. The third kappa shape index (κ3) is 9.78. The Morgan fingerprint density at radius 2 is 1.83 bits per heavy atom. The summed E-state index contributed by atoms with van der Waals surface area (Å²) < 4.78 is 31.6. The highest BCUT2D eigenvalue weighted by Crippen LogP contribution is 2.32. The van der Waals surface area contributed by atoms with E-state index in [0.717, 1.165) is 0 Å². The highest BCUT2D eigenvalue weighted by Gasteiger charge is 2.24. The van der Waals surface area contributed by atoms with Gasteiger partial charge in [0.2, 0.25) is 0 Å². The van der Waals surface area contributed by atoms with Gasteiger partial charge in [-0.3, -0.25) is 0 Å². The van der Waals surface area contributed by atoms with Crippen LogP contribution in [0.4, 0.5) is 13.6 Å². The second kappa shape index (κ2) is 9.90. The number of aliphatic hydroxyl groups excluding tert-OH is 1. The number of amides is 1. The van der Waals surface area contributed by atoms with Crippen LogP contribution in [0.15, 0.2) is 35.5 Å². The molecule has 24 heavy (non-hydrogen) atoms. The fourth-order valence-corrected chi connectivity index (χ4v) is 2.04. The van der Waals surface area contributed by atoms with Crippen molar-refractivity contribution in [3.63, 3.8) is 0 Å². The summed E-state index contributed by atoms with van der Waals surface area (Å²) in [6.45, 7) is 8.70. The van der Waals surface area contributed by atoms with E-state index in [2.05, 4.69) is 5.32 Å². The highest BCUT2D eigenvalue weighted by atomic mass is 31.0. The molecule has 4 nitrogen and oxygen atoms in total. The van der Waals surface area contributed by atoms with Crippen LogP contribution in [0.5, 0.6) is 0 Å². The number of carbonyl (C=O) groups is 1. The average molecular weight is 363 g/mol. The van der Waals surface area contributed by atoms with Crippen LogP contribution >= 0.6 is 9.24 Å². The molecule has 0 aliphatic heterocycles. The minimum absolute atomic E-state index is 0.161. The Bertz CT molecular complexity index is 503. The summed E-state index contributed by atoms with van der Waals surface area (Å²) in [5.74, 6) is 0. The zero-order chi connectivity index (χ0) is 19.0. The van der Waals surface area contributed by atoms with E-state index in [9.17, 15) is 18.7 Å². The number of hydrogen-bond acceptors (Lipinski definition) is 3. The molecule has 0 aromatic heterocycles. The lowest BCUT2D eigenvalue weighted by atomic mass is 10.0. The minimum atomic E-state index is -3.02. The summed E-state index contributed by atoms with van der Waals surface area (Å²) >= 11 is 0. The van der Waals surface area contributed by atoms with Gasteiger partial charge in [-0.2, -0.15) is 8.78 Å². The van der Waals surface area contributed by atoms with Crippen molar-refractivity contribution in [2.24, 2.45) is 0 Å². The number of ether oxygens (including phenoxy) is 1. The van der Waals surface area contributed by atoms with Gasteiger partial charge >= 0.3 is 6.09 Å². The van der Waals surface area contributed by atoms with E-state index >= 15 is 0 Å². The van der Waals surface area contributed by atoms with E-state index < -0.39 is 23.5 Å². The van der Waals surface area contributed by atoms with Crippen LogP contribution in [-0.2, 0) is 4.74 Å². The van der Waals surface area contributed by atoms with Gasteiger partial charge in [0.05, 0.1) is 6.10 Å². The summed E-state index contributed by atoms with van der Waals surface area (Å²) in [5, 5.41) is 12.7. The second-order valence-electron chi connectivity index (χ2n) is 6.22. The van der Waals surface area contributed by atoms with Crippen LogP contribution in [0.1, 0.15) is 41.0 Å². The van der Waals surface area contributed by atoms with Crippen LogP contribution in [0.2, 0.25) is 0 Å². The number of carbonyl (C=O) groups excluding carboxylic acids is 1. The summed E-state index contributed by atoms with van der Waals surface area (Å²) in [6.07, 6.45) is 4.48. The fraction of sp³-hybridized carbons (Fsp3) is 0.588. The molecule has 2 N–H and O–H groups in total. The van der Waals surface area contributed by atoms with E-state index in [1.807, 2.05) is 0 Å². The third-order valence-corrected chi connectivity index (χ3v) is 3.29. The molecule has 138 valence electrons. The van der Waals surface area contributed by atoms with Crippen molar-refractivity contribution < 1.29 is 23.4 Å². The molecule has 0 spiro atoms. The van der Waals surface area contributed by atoms with Crippen molar-refractivity contribution in [3.8, 4) is 0 Å². The number of rotatable bonds is 7. The first kappa shape index (κ1) is 22.7. The van der Waals surface area contributed by atoms with Crippen molar-refractivity contribution in [2.75, 3.05) is 6.54 Å². The maximum Gasteiger partial charge on any atom is 0.407 e. The Kier molecular flexibility index (Phi) is 9.38. The van der Waals surface area contributed by atoms with E-state index in [1.165, 1.54) is 34.4 Å². The van der Waals surface area contributed by atoms with Gasteiger partial charge < -0.3 is 15.2 Å². The molecule has 0 heterocycles. The quantitative estimate of drug-likeness (QED) is 0.527. The summed E-state index contributed by atoms with van der Waals surface area (Å²) in [7, 11) is 1.48. The van der Waals surface area contributed by atoms with Gasteiger partial charge in [-0.15, -0.1) is 0 Å². The Balaban J connectivity index is 4.58. The molecular formula is C17H28F2NO3P. The maximum absolute atomic E-state index is 13.3. The molecule has 0 aromatic carbocycles. The SMILES string of the molecule is C\C=C(/C=C\C(=C/C)C(F)(F)P)C(O)CCNC(=O)OC(C)(C)C. The van der Waals surface area contributed by atoms with Gasteiger partial charge in [-0.05, 0) is 46.6 Å². The standard InChI is InChI=1S/C17H28F2NO3P/c1-6-12(8-9-13(7-2)17(18,19)24)14(21)10-11-20-15(22)23-16(3,4)5/h6-9,14,21H,10-11,24H2,1-5H3,(H,20,22)/b9-8-,12-6+,13-7+. The second-order valence-corrected chi connectivity index (χ2v) is 6.95. The molecule has 0 saturated heterocycles. The summed E-state index contributed by atoms with van der Waals surface area (Å²) in [4.78, 5) is 11.5. The van der Waals surface area contributed by atoms with Crippen molar-refractivity contribution in [3.05, 3.63) is 35.5 Å². The number of hydrogen-bond donors (Lipinski definition) is 2. The van der Waals surface area contributed by atoms with Gasteiger partial charge in [-0.1, -0.05) is 33.5 Å². The topological polar surface area (TPSA) is 58.6 Å². The highest BCUT2D eigenvalue weighted by molar-refractivity contribution is 7.18. The van der Waals surface area contributed by atoms with Gasteiger partial charge in [-0.25, -0.2) is 4.79 Å². The third-order valence-electron chi connectivity index (χ3n) is 2.96. The molecule has 0 saturated carbocycles. The maximum atomic E-state index is 13.3. The molecular weight excluding hydrogens is 335 g/mol. The lowest BCUT2D eigenvalue weighted by molar-refractivity contribution is 0.0521. The Morgan fingerprint density at radius 1 is 1.25 bits per heavy atom. The van der Waals surface area contributed by atoms with Crippen LogP contribution in [0.25, 0.3) is 0 Å². The molecule has 0 fully saturated rings. The number of alkyl carbamates (subject to hydrolysis) is 1. The van der Waals surface area contributed by atoms with Gasteiger partial charge in [0.1, 0.15) is 5.60 Å². The number of halogens is 2. The first-order valence-electron chi connectivity index (χ1n) is 7.73. The van der Waals surface area contributed by atoms with E-state index in [0.29, 0.717) is 5.57 Å². The molecule has 2 unspecified atom stereocenters. The predicted octanol–water partition coefficient (Wildman–Crippen LogP) is 4.18. The molecule has 0 aliphatic rings. The number of alkyl halides is 2. The molecule has 0 radical (unpaired) electrons. The van der Waals surface area contributed by atoms with Crippen molar-refractivity contribution in [1.82, 2.24) is 5.32 Å². The zero-order valence-electron chi connectivity index (χ0n) is 14.9. The van der Waals surface area contributed by atoms with Crippen molar-refractivity contribution >= 4 is 15.3 Å². The van der Waals surface area contributed by atoms with Gasteiger partial charge in [0.25, 0.3) is 5.66 Å². The molecule has 0 bridgehead atoms. The lowest BCUT2D eigenvalue weighted by Crippen LogP contribution is -2.34. The van der Waals surface area contributed by atoms with Crippen LogP contribution in [-0.4, -0.2) is 35.1 Å². The molecule has 0 aliphatic carbocycles. The summed E-state index contributed by atoms with van der Waals surface area (Å²) in [5.41, 5.74) is -3.28. The molecule has 0 aromatic rings. The van der Waals surface area contributed by atoms with E-state index in [-0.39, 0.29) is 18.5 Å².